The number of aliphatic hydroxyl groups is 1. The van der Waals surface area contributed by atoms with Gasteiger partial charge in [0.15, 0.2) is 11.1 Å². The number of hydrogen-bond acceptors (Lipinski definition) is 5. The van der Waals surface area contributed by atoms with Gasteiger partial charge in [-0.1, -0.05) is 30.3 Å². The third-order valence-corrected chi connectivity index (χ3v) is 6.27. The van der Waals surface area contributed by atoms with Crippen LogP contribution in [0.1, 0.15) is 23.6 Å². The predicted molar refractivity (Wildman–Crippen MR) is 121 cm³/mol. The number of benzene rings is 2. The van der Waals surface area contributed by atoms with Crippen molar-refractivity contribution in [1.29, 1.82) is 0 Å². The number of hydrogen-bond donors (Lipinski definition) is 1. The molecule has 5 rings (SSSR count). The number of piperidine rings is 1. The summed E-state index contributed by atoms with van der Waals surface area (Å²) in [5.74, 6) is -0.875. The summed E-state index contributed by atoms with van der Waals surface area (Å²) < 4.78 is 50.0. The average molecular weight is 469 g/mol. The van der Waals surface area contributed by atoms with E-state index in [0.29, 0.717) is 19.5 Å². The lowest BCUT2D eigenvalue weighted by Gasteiger charge is -2.34. The maximum atomic E-state index is 14.4. The maximum absolute atomic E-state index is 14.4. The van der Waals surface area contributed by atoms with Gasteiger partial charge >= 0.3 is 6.18 Å². The second kappa shape index (κ2) is 8.41. The Morgan fingerprint density at radius 3 is 2.50 bits per heavy atom. The smallest absolute Gasteiger partial charge is 0.434 e. The largest absolute Gasteiger partial charge is 0.455 e. The Hall–Kier alpha value is -3.43. The summed E-state index contributed by atoms with van der Waals surface area (Å²) in [5, 5.41) is 15.1. The number of alkyl halides is 3. The van der Waals surface area contributed by atoms with Gasteiger partial charge < -0.3 is 14.4 Å². The molecule has 0 bridgehead atoms. The lowest BCUT2D eigenvalue weighted by molar-refractivity contribution is -0.142. The predicted octanol–water partition coefficient (Wildman–Crippen LogP) is 4.44. The molecule has 0 radical (unpaired) electrons. The monoisotopic (exact) mass is 469 g/mol. The van der Waals surface area contributed by atoms with Crippen LogP contribution in [-0.2, 0) is 6.18 Å². The van der Waals surface area contributed by atoms with Crippen LogP contribution >= 0.6 is 0 Å². The molecular formula is C25H22F3N3O3. The Balaban J connectivity index is 1.81. The molecular weight excluding hydrogens is 447 g/mol. The molecule has 0 saturated carbocycles. The normalized spacial score (nSPS) is 19.6. The molecule has 176 valence electrons. The van der Waals surface area contributed by atoms with Crippen LogP contribution in [0.25, 0.3) is 28.0 Å². The highest BCUT2D eigenvalue weighted by Gasteiger charge is 2.42. The van der Waals surface area contributed by atoms with E-state index in [1.54, 1.807) is 42.5 Å². The zero-order valence-electron chi connectivity index (χ0n) is 18.3. The lowest BCUT2D eigenvalue weighted by Crippen LogP contribution is -2.42. The van der Waals surface area contributed by atoms with E-state index in [2.05, 4.69) is 5.10 Å². The van der Waals surface area contributed by atoms with Crippen molar-refractivity contribution < 1.29 is 22.7 Å². The van der Waals surface area contributed by atoms with Gasteiger partial charge in [0.25, 0.3) is 0 Å². The van der Waals surface area contributed by atoms with Crippen LogP contribution in [0.15, 0.2) is 70.0 Å². The molecule has 0 amide bonds. The number of aliphatic hydroxyl groups excluding tert-OH is 1. The summed E-state index contributed by atoms with van der Waals surface area (Å²) in [6.45, 7) is 0.884. The minimum absolute atomic E-state index is 0.0532. The van der Waals surface area contributed by atoms with E-state index in [1.807, 2.05) is 11.9 Å². The third-order valence-electron chi connectivity index (χ3n) is 6.27. The van der Waals surface area contributed by atoms with Crippen LogP contribution in [0.3, 0.4) is 0 Å². The summed E-state index contributed by atoms with van der Waals surface area (Å²) in [4.78, 5) is 15.5. The Morgan fingerprint density at radius 1 is 1.09 bits per heavy atom. The van der Waals surface area contributed by atoms with Crippen molar-refractivity contribution in [2.45, 2.75) is 24.6 Å². The van der Waals surface area contributed by atoms with Crippen LogP contribution in [0.5, 0.6) is 0 Å². The van der Waals surface area contributed by atoms with Gasteiger partial charge in [-0.15, -0.1) is 0 Å². The molecule has 0 aliphatic carbocycles. The zero-order valence-corrected chi connectivity index (χ0v) is 18.3. The molecule has 1 aliphatic heterocycles. The quantitative estimate of drug-likeness (QED) is 0.480. The second-order valence-corrected chi connectivity index (χ2v) is 8.55. The number of fused-ring (bicyclic) bond motifs is 1. The molecule has 1 saturated heterocycles. The van der Waals surface area contributed by atoms with Crippen molar-refractivity contribution >= 4 is 11.0 Å². The molecule has 0 spiro atoms. The number of halogens is 3. The molecule has 2 atom stereocenters. The molecule has 2 aromatic heterocycles. The molecule has 1 N–H and O–H groups in total. The van der Waals surface area contributed by atoms with Crippen molar-refractivity contribution in [1.82, 2.24) is 14.7 Å². The van der Waals surface area contributed by atoms with Crippen LogP contribution in [-0.4, -0.2) is 46.0 Å². The standard InChI is InChI=1S/C25H22F3N3O3/c1-30-12-11-16(19(32)14-30)21-22(33)17-9-5-6-10-20(17)34-23(21)18-13-29-31(24(18)25(26,27)28)15-7-3-2-4-8-15/h2-10,13,16,19,32H,11-12,14H2,1H3/t16-,19+/m0/s1. The van der Waals surface area contributed by atoms with Gasteiger partial charge in [-0.05, 0) is 44.3 Å². The van der Waals surface area contributed by atoms with Crippen LogP contribution in [0.2, 0.25) is 0 Å². The van der Waals surface area contributed by atoms with Gasteiger partial charge in [0, 0.05) is 18.0 Å². The number of nitrogens with zero attached hydrogens (tertiary/aromatic N) is 3. The van der Waals surface area contributed by atoms with E-state index < -0.39 is 29.3 Å². The molecule has 3 heterocycles. The van der Waals surface area contributed by atoms with Crippen molar-refractivity contribution in [3.8, 4) is 17.0 Å². The third kappa shape index (κ3) is 3.80. The van der Waals surface area contributed by atoms with E-state index in [-0.39, 0.29) is 33.5 Å². The minimum Gasteiger partial charge on any atom is -0.455 e. The highest BCUT2D eigenvalue weighted by Crippen LogP contribution is 2.42. The second-order valence-electron chi connectivity index (χ2n) is 8.55. The van der Waals surface area contributed by atoms with Gasteiger partial charge in [-0.3, -0.25) is 4.79 Å². The summed E-state index contributed by atoms with van der Waals surface area (Å²) in [7, 11) is 1.84. The number of rotatable bonds is 3. The summed E-state index contributed by atoms with van der Waals surface area (Å²) in [6.07, 6.45) is -4.23. The summed E-state index contributed by atoms with van der Waals surface area (Å²) in [6, 6.07) is 14.4. The van der Waals surface area contributed by atoms with Gasteiger partial charge in [0.2, 0.25) is 0 Å². The van der Waals surface area contributed by atoms with E-state index in [9.17, 15) is 23.1 Å². The van der Waals surface area contributed by atoms with E-state index in [4.69, 9.17) is 4.42 Å². The van der Waals surface area contributed by atoms with Gasteiger partial charge in [-0.25, -0.2) is 4.68 Å². The lowest BCUT2D eigenvalue weighted by atomic mass is 9.84. The summed E-state index contributed by atoms with van der Waals surface area (Å²) in [5.41, 5.74) is -1.36. The molecule has 6 nitrogen and oxygen atoms in total. The highest BCUT2D eigenvalue weighted by atomic mass is 19.4. The van der Waals surface area contributed by atoms with Gasteiger partial charge in [0.1, 0.15) is 11.3 Å². The van der Waals surface area contributed by atoms with Crippen LogP contribution in [0, 0.1) is 0 Å². The van der Waals surface area contributed by atoms with E-state index >= 15 is 0 Å². The van der Waals surface area contributed by atoms with Crippen molar-refractivity contribution in [2.75, 3.05) is 20.1 Å². The van der Waals surface area contributed by atoms with E-state index in [1.165, 1.54) is 12.1 Å². The van der Waals surface area contributed by atoms with E-state index in [0.717, 1.165) is 10.9 Å². The van der Waals surface area contributed by atoms with Gasteiger partial charge in [0.05, 0.1) is 28.9 Å². The fraction of sp³-hybridized carbons (Fsp3) is 0.280. The van der Waals surface area contributed by atoms with Crippen molar-refractivity contribution in [3.63, 3.8) is 0 Å². The molecule has 9 heteroatoms. The maximum Gasteiger partial charge on any atom is 0.434 e. The molecule has 1 fully saturated rings. The molecule has 2 aromatic carbocycles. The zero-order chi connectivity index (χ0) is 24.0. The first-order chi connectivity index (χ1) is 16.3. The molecule has 4 aromatic rings. The Bertz CT molecular complexity index is 1400. The minimum atomic E-state index is -4.78. The van der Waals surface area contributed by atoms with Gasteiger partial charge in [-0.2, -0.15) is 18.3 Å². The Kier molecular flexibility index (Phi) is 5.53. The number of aromatic nitrogens is 2. The first kappa shape index (κ1) is 22.4. The first-order valence-corrected chi connectivity index (χ1v) is 10.9. The highest BCUT2D eigenvalue weighted by molar-refractivity contribution is 5.81. The van der Waals surface area contributed by atoms with Crippen LogP contribution in [0.4, 0.5) is 13.2 Å². The van der Waals surface area contributed by atoms with Crippen molar-refractivity contribution in [3.05, 3.63) is 82.3 Å². The number of β-amino-alcohol motifs (C(OH)–C–C–N with tert-alkyl or cyclic N) is 1. The van der Waals surface area contributed by atoms with Crippen LogP contribution < -0.4 is 5.43 Å². The Morgan fingerprint density at radius 2 is 1.79 bits per heavy atom. The first-order valence-electron chi connectivity index (χ1n) is 10.9. The number of likely N-dealkylation sites (N-methyl/N-ethyl adjacent to an activating group) is 1. The Labute approximate surface area is 192 Å². The topological polar surface area (TPSA) is 71.5 Å². The fourth-order valence-corrected chi connectivity index (χ4v) is 4.67. The SMILES string of the molecule is CN1CC[C@H](c2c(-c3cnn(-c4ccccc4)c3C(F)(F)F)oc3ccccc3c2=O)[C@H](O)C1. The number of para-hydroxylation sites is 2. The average Bonchev–Trinajstić information content (AvgIpc) is 3.26. The fourth-order valence-electron chi connectivity index (χ4n) is 4.67. The summed E-state index contributed by atoms with van der Waals surface area (Å²) >= 11 is 0. The molecule has 0 unspecified atom stereocenters. The molecule has 1 aliphatic rings. The van der Waals surface area contributed by atoms with Crippen molar-refractivity contribution in [2.24, 2.45) is 0 Å². The molecule has 34 heavy (non-hydrogen) atoms. The number of likely N-dealkylation sites (tertiary alicyclic amines) is 1.